The highest BCUT2D eigenvalue weighted by Gasteiger charge is 2.18. The Balaban J connectivity index is 1.76. The lowest BCUT2D eigenvalue weighted by Gasteiger charge is -2.27. The largest absolute Gasteiger partial charge is 0.484 e. The van der Waals surface area contributed by atoms with Crippen molar-refractivity contribution in [3.8, 4) is 5.75 Å². The molecule has 0 radical (unpaired) electrons. The van der Waals surface area contributed by atoms with E-state index >= 15 is 0 Å². The number of rotatable bonds is 5. The standard InChI is InChI=1S/C17H25NO2/c1-14-7-6-10-16(11-14)20-13-17(19)18(2)12-15-8-4-3-5-9-15/h6-7,10-11,15H,3-5,8-9,12-13H2,1-2H3. The summed E-state index contributed by atoms with van der Waals surface area (Å²) in [5, 5.41) is 0. The molecule has 1 saturated carbocycles. The van der Waals surface area contributed by atoms with Crippen LogP contribution >= 0.6 is 0 Å². The number of aryl methyl sites for hydroxylation is 1. The van der Waals surface area contributed by atoms with Crippen LogP contribution in [0.2, 0.25) is 0 Å². The predicted octanol–water partition coefficient (Wildman–Crippen LogP) is 3.41. The van der Waals surface area contributed by atoms with E-state index in [0.29, 0.717) is 5.92 Å². The lowest BCUT2D eigenvalue weighted by molar-refractivity contribution is -0.132. The lowest BCUT2D eigenvalue weighted by Crippen LogP contribution is -2.35. The number of hydrogen-bond donors (Lipinski definition) is 0. The van der Waals surface area contributed by atoms with Crippen LogP contribution in [0.25, 0.3) is 0 Å². The number of nitrogens with zero attached hydrogens (tertiary/aromatic N) is 1. The van der Waals surface area contributed by atoms with Crippen molar-refractivity contribution in [3.05, 3.63) is 29.8 Å². The van der Waals surface area contributed by atoms with Gasteiger partial charge in [-0.2, -0.15) is 0 Å². The first-order valence-electron chi connectivity index (χ1n) is 7.58. The summed E-state index contributed by atoms with van der Waals surface area (Å²) in [6.07, 6.45) is 6.50. The van der Waals surface area contributed by atoms with Crippen molar-refractivity contribution in [2.45, 2.75) is 39.0 Å². The molecule has 0 aliphatic heterocycles. The molecule has 0 N–H and O–H groups in total. The Bertz CT molecular complexity index is 438. The van der Waals surface area contributed by atoms with Gasteiger partial charge in [0.1, 0.15) is 5.75 Å². The molecule has 0 heterocycles. The van der Waals surface area contributed by atoms with Crippen LogP contribution in [0.5, 0.6) is 5.75 Å². The van der Waals surface area contributed by atoms with E-state index in [4.69, 9.17) is 4.74 Å². The maximum Gasteiger partial charge on any atom is 0.260 e. The summed E-state index contributed by atoms with van der Waals surface area (Å²) < 4.78 is 5.57. The quantitative estimate of drug-likeness (QED) is 0.824. The molecule has 3 nitrogen and oxygen atoms in total. The van der Waals surface area contributed by atoms with Crippen LogP contribution in [0.3, 0.4) is 0 Å². The molecule has 110 valence electrons. The molecule has 1 fully saturated rings. The third kappa shape index (κ3) is 4.55. The normalized spacial score (nSPS) is 15.9. The van der Waals surface area contributed by atoms with Gasteiger partial charge in [-0.1, -0.05) is 31.4 Å². The monoisotopic (exact) mass is 275 g/mol. The molecule has 20 heavy (non-hydrogen) atoms. The Hall–Kier alpha value is -1.51. The van der Waals surface area contributed by atoms with Crippen molar-refractivity contribution < 1.29 is 9.53 Å². The van der Waals surface area contributed by atoms with Gasteiger partial charge in [0.25, 0.3) is 5.91 Å². The van der Waals surface area contributed by atoms with Crippen molar-refractivity contribution in [3.63, 3.8) is 0 Å². The first-order chi connectivity index (χ1) is 9.65. The lowest BCUT2D eigenvalue weighted by atomic mass is 9.89. The maximum atomic E-state index is 12.1. The average Bonchev–Trinajstić information content (AvgIpc) is 2.46. The van der Waals surface area contributed by atoms with Gasteiger partial charge >= 0.3 is 0 Å². The van der Waals surface area contributed by atoms with Crippen molar-refractivity contribution in [1.82, 2.24) is 4.90 Å². The molecule has 1 aromatic rings. The summed E-state index contributed by atoms with van der Waals surface area (Å²) in [4.78, 5) is 13.9. The van der Waals surface area contributed by atoms with E-state index in [-0.39, 0.29) is 12.5 Å². The van der Waals surface area contributed by atoms with E-state index in [1.54, 1.807) is 0 Å². The summed E-state index contributed by atoms with van der Waals surface area (Å²) in [6, 6.07) is 7.81. The van der Waals surface area contributed by atoms with Crippen molar-refractivity contribution in [1.29, 1.82) is 0 Å². The van der Waals surface area contributed by atoms with Gasteiger partial charge in [0, 0.05) is 13.6 Å². The first kappa shape index (κ1) is 14.9. The molecule has 0 aromatic heterocycles. The minimum atomic E-state index is 0.0667. The molecule has 0 atom stereocenters. The minimum absolute atomic E-state index is 0.0667. The fourth-order valence-electron chi connectivity index (χ4n) is 2.82. The van der Waals surface area contributed by atoms with Crippen LogP contribution in [0, 0.1) is 12.8 Å². The van der Waals surface area contributed by atoms with Crippen molar-refractivity contribution in [2.24, 2.45) is 5.92 Å². The van der Waals surface area contributed by atoms with E-state index in [0.717, 1.165) is 17.9 Å². The maximum absolute atomic E-state index is 12.1. The summed E-state index contributed by atoms with van der Waals surface area (Å²) >= 11 is 0. The second-order valence-corrected chi connectivity index (χ2v) is 5.88. The molecule has 2 rings (SSSR count). The summed E-state index contributed by atoms with van der Waals surface area (Å²) in [5.41, 5.74) is 1.14. The first-order valence-corrected chi connectivity index (χ1v) is 7.58. The zero-order chi connectivity index (χ0) is 14.4. The second kappa shape index (κ2) is 7.32. The number of benzene rings is 1. The second-order valence-electron chi connectivity index (χ2n) is 5.88. The summed E-state index contributed by atoms with van der Waals surface area (Å²) in [6.45, 7) is 3.02. The molecule has 3 heteroatoms. The number of ether oxygens (including phenoxy) is 1. The molecule has 0 spiro atoms. The van der Waals surface area contributed by atoms with Crippen LogP contribution in [0.15, 0.2) is 24.3 Å². The van der Waals surface area contributed by atoms with Crippen LogP contribution in [-0.2, 0) is 4.79 Å². The zero-order valence-electron chi connectivity index (χ0n) is 12.6. The summed E-state index contributed by atoms with van der Waals surface area (Å²) in [7, 11) is 1.89. The van der Waals surface area contributed by atoms with Crippen LogP contribution in [0.1, 0.15) is 37.7 Å². The van der Waals surface area contributed by atoms with Gasteiger partial charge in [0.2, 0.25) is 0 Å². The van der Waals surface area contributed by atoms with E-state index in [1.807, 2.05) is 43.1 Å². The average molecular weight is 275 g/mol. The molecule has 1 aliphatic rings. The zero-order valence-corrected chi connectivity index (χ0v) is 12.6. The topological polar surface area (TPSA) is 29.5 Å². The van der Waals surface area contributed by atoms with Gasteiger partial charge in [-0.25, -0.2) is 0 Å². The smallest absolute Gasteiger partial charge is 0.260 e. The molecule has 1 aromatic carbocycles. The Morgan fingerprint density at radius 3 is 2.75 bits per heavy atom. The fraction of sp³-hybridized carbons (Fsp3) is 0.588. The fourth-order valence-corrected chi connectivity index (χ4v) is 2.82. The van der Waals surface area contributed by atoms with Gasteiger partial charge in [-0.05, 0) is 43.4 Å². The highest BCUT2D eigenvalue weighted by atomic mass is 16.5. The molecule has 1 amide bonds. The van der Waals surface area contributed by atoms with E-state index in [9.17, 15) is 4.79 Å². The summed E-state index contributed by atoms with van der Waals surface area (Å²) in [5.74, 6) is 1.51. The number of carbonyl (C=O) groups excluding carboxylic acids is 1. The van der Waals surface area contributed by atoms with Gasteiger partial charge in [-0.15, -0.1) is 0 Å². The van der Waals surface area contributed by atoms with E-state index in [2.05, 4.69) is 0 Å². The van der Waals surface area contributed by atoms with Gasteiger partial charge < -0.3 is 9.64 Å². The molecule has 0 bridgehead atoms. The number of carbonyl (C=O) groups is 1. The molecular formula is C17H25NO2. The third-order valence-corrected chi connectivity index (χ3v) is 4.03. The highest BCUT2D eigenvalue weighted by Crippen LogP contribution is 2.24. The Morgan fingerprint density at radius 1 is 1.30 bits per heavy atom. The molecular weight excluding hydrogens is 250 g/mol. The number of amides is 1. The Kier molecular flexibility index (Phi) is 5.45. The van der Waals surface area contributed by atoms with Crippen molar-refractivity contribution >= 4 is 5.91 Å². The van der Waals surface area contributed by atoms with Crippen molar-refractivity contribution in [2.75, 3.05) is 20.2 Å². The molecule has 1 aliphatic carbocycles. The van der Waals surface area contributed by atoms with E-state index < -0.39 is 0 Å². The predicted molar refractivity (Wildman–Crippen MR) is 80.9 cm³/mol. The molecule has 0 saturated heterocycles. The van der Waals surface area contributed by atoms with Crippen LogP contribution in [0.4, 0.5) is 0 Å². The Morgan fingerprint density at radius 2 is 2.05 bits per heavy atom. The van der Waals surface area contributed by atoms with E-state index in [1.165, 1.54) is 32.1 Å². The van der Waals surface area contributed by atoms with Crippen LogP contribution in [-0.4, -0.2) is 31.0 Å². The molecule has 0 unspecified atom stereocenters. The third-order valence-electron chi connectivity index (χ3n) is 4.03. The Labute approximate surface area is 121 Å². The number of hydrogen-bond acceptors (Lipinski definition) is 2. The highest BCUT2D eigenvalue weighted by molar-refractivity contribution is 5.77. The minimum Gasteiger partial charge on any atom is -0.484 e. The van der Waals surface area contributed by atoms with Crippen LogP contribution < -0.4 is 4.74 Å². The SMILES string of the molecule is Cc1cccc(OCC(=O)N(C)CC2CCCCC2)c1. The number of likely N-dealkylation sites (N-methyl/N-ethyl adjacent to an activating group) is 1. The van der Waals surface area contributed by atoms with Gasteiger partial charge in [0.15, 0.2) is 6.61 Å². The van der Waals surface area contributed by atoms with Gasteiger partial charge in [0.05, 0.1) is 0 Å². The van der Waals surface area contributed by atoms with Gasteiger partial charge in [-0.3, -0.25) is 4.79 Å².